The molecule has 208 valence electrons. The van der Waals surface area contributed by atoms with Crippen molar-refractivity contribution in [2.75, 3.05) is 32.8 Å². The van der Waals surface area contributed by atoms with Gasteiger partial charge < -0.3 is 24.1 Å². The molecule has 40 heavy (non-hydrogen) atoms. The lowest BCUT2D eigenvalue weighted by Crippen LogP contribution is -2.29. The molecule has 0 bridgehead atoms. The molecule has 2 heterocycles. The van der Waals surface area contributed by atoms with E-state index in [2.05, 4.69) is 11.6 Å². The van der Waals surface area contributed by atoms with Gasteiger partial charge in [0.25, 0.3) is 5.78 Å². The molecule has 1 aliphatic heterocycles. The third kappa shape index (κ3) is 5.03. The fraction of sp³-hybridized carbons (Fsp3) is 0.241. The smallest absolute Gasteiger partial charge is 0.350 e. The van der Waals surface area contributed by atoms with E-state index in [-0.39, 0.29) is 27.9 Å². The highest BCUT2D eigenvalue weighted by molar-refractivity contribution is 7.17. The standard InChI is InChI=1S/C29H28N2O8S/c1-7-12-39-28(35)26-16(3)30-29(40-26)31-23(17-8-11-20(37-5)21(14-17)38-6)22(25(33)27(31)34)24(32)19-10-9-18(36-4)13-15(19)2/h7-11,13-14,23,32H,1,12H2,2-6H3/b24-22+/t23-/m0/s1. The maximum atomic E-state index is 13.6. The second-order valence-corrected chi connectivity index (χ2v) is 9.74. The minimum absolute atomic E-state index is 0.00285. The van der Waals surface area contributed by atoms with Crippen molar-refractivity contribution in [2.24, 2.45) is 0 Å². The van der Waals surface area contributed by atoms with Gasteiger partial charge in [-0.15, -0.1) is 0 Å². The number of ketones is 1. The van der Waals surface area contributed by atoms with Gasteiger partial charge in [-0.3, -0.25) is 14.5 Å². The van der Waals surface area contributed by atoms with Crippen LogP contribution in [0.25, 0.3) is 5.76 Å². The van der Waals surface area contributed by atoms with E-state index in [1.54, 1.807) is 50.2 Å². The molecular formula is C29H28N2O8S. The Morgan fingerprint density at radius 1 is 1.07 bits per heavy atom. The zero-order valence-electron chi connectivity index (χ0n) is 22.6. The Kier molecular flexibility index (Phi) is 8.24. The summed E-state index contributed by atoms with van der Waals surface area (Å²) in [6, 6.07) is 8.80. The molecule has 0 saturated carbocycles. The lowest BCUT2D eigenvalue weighted by Gasteiger charge is -2.24. The van der Waals surface area contributed by atoms with Gasteiger partial charge in [0.05, 0.1) is 38.6 Å². The zero-order chi connectivity index (χ0) is 29.1. The highest BCUT2D eigenvalue weighted by atomic mass is 32.1. The number of thiazole rings is 1. The predicted octanol–water partition coefficient (Wildman–Crippen LogP) is 4.75. The number of aryl methyl sites for hydroxylation is 2. The molecule has 1 aliphatic rings. The van der Waals surface area contributed by atoms with Crippen LogP contribution < -0.4 is 19.1 Å². The van der Waals surface area contributed by atoms with E-state index in [1.807, 2.05) is 0 Å². The Morgan fingerprint density at radius 2 is 1.80 bits per heavy atom. The highest BCUT2D eigenvalue weighted by Gasteiger charge is 2.48. The van der Waals surface area contributed by atoms with Crippen molar-refractivity contribution in [3.8, 4) is 17.2 Å². The number of carbonyl (C=O) groups excluding carboxylic acids is 3. The molecule has 1 amide bonds. The molecule has 0 radical (unpaired) electrons. The summed E-state index contributed by atoms with van der Waals surface area (Å²) in [5.74, 6) is -1.45. The third-order valence-electron chi connectivity index (χ3n) is 6.37. The minimum Gasteiger partial charge on any atom is -0.507 e. The quantitative estimate of drug-likeness (QED) is 0.129. The van der Waals surface area contributed by atoms with E-state index in [0.717, 1.165) is 11.3 Å². The van der Waals surface area contributed by atoms with E-state index >= 15 is 0 Å². The third-order valence-corrected chi connectivity index (χ3v) is 7.50. The number of aliphatic hydroxyl groups is 1. The number of amides is 1. The van der Waals surface area contributed by atoms with Crippen LogP contribution in [0.1, 0.15) is 38.1 Å². The Bertz CT molecular complexity index is 1540. The number of esters is 1. The number of nitrogens with zero attached hydrogens (tertiary/aromatic N) is 2. The molecule has 1 N–H and O–H groups in total. The van der Waals surface area contributed by atoms with Crippen molar-refractivity contribution in [2.45, 2.75) is 19.9 Å². The molecule has 1 saturated heterocycles. The number of methoxy groups -OCH3 is 3. The van der Waals surface area contributed by atoms with Gasteiger partial charge in [0.2, 0.25) is 0 Å². The normalized spacial score (nSPS) is 16.1. The topological polar surface area (TPSA) is 124 Å². The van der Waals surface area contributed by atoms with E-state index in [9.17, 15) is 19.5 Å². The van der Waals surface area contributed by atoms with Gasteiger partial charge in [0.1, 0.15) is 23.0 Å². The summed E-state index contributed by atoms with van der Waals surface area (Å²) >= 11 is 0.911. The summed E-state index contributed by atoms with van der Waals surface area (Å²) in [6.45, 7) is 6.90. The Morgan fingerprint density at radius 3 is 2.42 bits per heavy atom. The fourth-order valence-electron chi connectivity index (χ4n) is 4.42. The summed E-state index contributed by atoms with van der Waals surface area (Å²) in [5, 5.41) is 11.6. The maximum Gasteiger partial charge on any atom is 0.350 e. The number of ether oxygens (including phenoxy) is 4. The molecule has 1 fully saturated rings. The summed E-state index contributed by atoms with van der Waals surface area (Å²) in [7, 11) is 4.47. The number of carbonyl (C=O) groups is 3. The minimum atomic E-state index is -1.09. The van der Waals surface area contributed by atoms with Crippen LogP contribution in [0.4, 0.5) is 5.13 Å². The van der Waals surface area contributed by atoms with Crippen molar-refractivity contribution in [1.29, 1.82) is 0 Å². The van der Waals surface area contributed by atoms with Crippen molar-refractivity contribution < 1.29 is 38.4 Å². The molecule has 0 aliphatic carbocycles. The van der Waals surface area contributed by atoms with E-state index in [1.165, 1.54) is 32.3 Å². The zero-order valence-corrected chi connectivity index (χ0v) is 23.5. The Balaban J connectivity index is 1.94. The molecule has 10 nitrogen and oxygen atoms in total. The SMILES string of the molecule is C=CCOC(=O)c1sc(N2C(=O)C(=O)/C(=C(/O)c3ccc(OC)cc3C)[C@@H]2c2ccc(OC)c(OC)c2)nc1C. The van der Waals surface area contributed by atoms with Crippen LogP contribution in [0.3, 0.4) is 0 Å². The van der Waals surface area contributed by atoms with Gasteiger partial charge in [-0.2, -0.15) is 0 Å². The first-order chi connectivity index (χ1) is 19.2. The summed E-state index contributed by atoms with van der Waals surface area (Å²) in [5.41, 5.74) is 1.62. The lowest BCUT2D eigenvalue weighted by molar-refractivity contribution is -0.132. The number of benzene rings is 2. The number of anilines is 1. The number of rotatable bonds is 9. The average molecular weight is 565 g/mol. The van der Waals surface area contributed by atoms with E-state index in [0.29, 0.717) is 39.6 Å². The van der Waals surface area contributed by atoms with Gasteiger partial charge in [0.15, 0.2) is 16.6 Å². The molecule has 1 aromatic heterocycles. The molecule has 3 aromatic rings. The van der Waals surface area contributed by atoms with Gasteiger partial charge in [-0.25, -0.2) is 9.78 Å². The first kappa shape index (κ1) is 28.4. The maximum absolute atomic E-state index is 13.6. The van der Waals surface area contributed by atoms with Crippen LogP contribution in [0.2, 0.25) is 0 Å². The van der Waals surface area contributed by atoms with Crippen LogP contribution in [0, 0.1) is 13.8 Å². The van der Waals surface area contributed by atoms with Gasteiger partial charge >= 0.3 is 11.9 Å². The summed E-state index contributed by atoms with van der Waals surface area (Å²) in [4.78, 5) is 45.5. The number of aromatic nitrogens is 1. The van der Waals surface area contributed by atoms with Crippen LogP contribution >= 0.6 is 11.3 Å². The van der Waals surface area contributed by atoms with Gasteiger partial charge in [-0.05, 0) is 55.3 Å². The van der Waals surface area contributed by atoms with E-state index in [4.69, 9.17) is 18.9 Å². The Labute approximate surface area is 235 Å². The van der Waals surface area contributed by atoms with Crippen LogP contribution in [0.15, 0.2) is 54.6 Å². The second kappa shape index (κ2) is 11.6. The first-order valence-electron chi connectivity index (χ1n) is 12.1. The molecule has 1 atom stereocenters. The lowest BCUT2D eigenvalue weighted by atomic mass is 9.93. The highest BCUT2D eigenvalue weighted by Crippen LogP contribution is 2.46. The molecule has 11 heteroatoms. The molecule has 0 spiro atoms. The Hall–Kier alpha value is -4.64. The van der Waals surface area contributed by atoms with Crippen molar-refractivity contribution in [3.05, 3.63) is 81.9 Å². The summed E-state index contributed by atoms with van der Waals surface area (Å²) < 4.78 is 21.2. The predicted molar refractivity (Wildman–Crippen MR) is 149 cm³/mol. The van der Waals surface area contributed by atoms with Crippen LogP contribution in [-0.2, 0) is 14.3 Å². The van der Waals surface area contributed by atoms with Crippen molar-refractivity contribution in [3.63, 3.8) is 0 Å². The van der Waals surface area contributed by atoms with Crippen molar-refractivity contribution in [1.82, 2.24) is 4.98 Å². The molecular weight excluding hydrogens is 536 g/mol. The largest absolute Gasteiger partial charge is 0.507 e. The number of Topliss-reactive ketones (excluding diaryl/α,β-unsaturated/α-hetero) is 1. The number of hydrogen-bond donors (Lipinski definition) is 1. The molecule has 2 aromatic carbocycles. The van der Waals surface area contributed by atoms with E-state index < -0.39 is 23.7 Å². The van der Waals surface area contributed by atoms with Crippen LogP contribution in [-0.4, -0.2) is 55.7 Å². The summed E-state index contributed by atoms with van der Waals surface area (Å²) in [6.07, 6.45) is 1.44. The van der Waals surface area contributed by atoms with Crippen LogP contribution in [0.5, 0.6) is 17.2 Å². The second-order valence-electron chi connectivity index (χ2n) is 8.76. The average Bonchev–Trinajstić information content (AvgIpc) is 3.46. The fourth-order valence-corrected chi connectivity index (χ4v) is 5.40. The first-order valence-corrected chi connectivity index (χ1v) is 12.9. The van der Waals surface area contributed by atoms with Gasteiger partial charge in [0, 0.05) is 5.56 Å². The monoisotopic (exact) mass is 564 g/mol. The number of hydrogen-bond acceptors (Lipinski definition) is 10. The van der Waals surface area contributed by atoms with Gasteiger partial charge in [-0.1, -0.05) is 30.1 Å². The molecule has 4 rings (SSSR count). The van der Waals surface area contributed by atoms with Crippen molar-refractivity contribution >= 4 is 39.9 Å². The number of aliphatic hydroxyl groups excluding tert-OH is 1. The molecule has 0 unspecified atom stereocenters.